The first-order valence-electron chi connectivity index (χ1n) is 10.8. The molecule has 1 aromatic rings. The summed E-state index contributed by atoms with van der Waals surface area (Å²) in [6, 6.07) is 7.59. The van der Waals surface area contributed by atoms with E-state index in [9.17, 15) is 9.59 Å². The van der Waals surface area contributed by atoms with Crippen LogP contribution in [0.5, 0.6) is 0 Å². The lowest BCUT2D eigenvalue weighted by molar-refractivity contribution is -0.140. The van der Waals surface area contributed by atoms with Gasteiger partial charge >= 0.3 is 0 Å². The first-order chi connectivity index (χ1) is 13.1. The number of amides is 2. The molecule has 4 bridgehead atoms. The highest BCUT2D eigenvalue weighted by Gasteiger charge is 2.54. The van der Waals surface area contributed by atoms with Crippen molar-refractivity contribution in [1.29, 1.82) is 0 Å². The first-order valence-corrected chi connectivity index (χ1v) is 10.8. The highest BCUT2D eigenvalue weighted by Crippen LogP contribution is 2.60. The lowest BCUT2D eigenvalue weighted by Crippen LogP contribution is -2.51. The van der Waals surface area contributed by atoms with Crippen LogP contribution >= 0.6 is 0 Å². The third-order valence-corrected chi connectivity index (χ3v) is 6.93. The Morgan fingerprint density at radius 2 is 1.56 bits per heavy atom. The van der Waals surface area contributed by atoms with Gasteiger partial charge in [0.2, 0.25) is 11.8 Å². The summed E-state index contributed by atoms with van der Waals surface area (Å²) in [5.74, 6) is 2.53. The molecule has 4 heteroatoms. The Balaban J connectivity index is 1.38. The topological polar surface area (TPSA) is 58.2 Å². The molecule has 4 aliphatic carbocycles. The zero-order chi connectivity index (χ0) is 18.9. The van der Waals surface area contributed by atoms with Crippen LogP contribution < -0.4 is 10.6 Å². The summed E-state index contributed by atoms with van der Waals surface area (Å²) in [6.07, 6.45) is 10.9. The van der Waals surface area contributed by atoms with Crippen molar-refractivity contribution in [2.75, 3.05) is 10.6 Å². The van der Waals surface area contributed by atoms with Gasteiger partial charge in [-0.3, -0.25) is 9.59 Å². The largest absolute Gasteiger partial charge is 0.326 e. The van der Waals surface area contributed by atoms with Gasteiger partial charge < -0.3 is 10.6 Å². The number of carbonyl (C=O) groups excluding carboxylic acids is 2. The minimum Gasteiger partial charge on any atom is -0.326 e. The van der Waals surface area contributed by atoms with Gasteiger partial charge in [-0.05, 0) is 80.9 Å². The molecule has 0 unspecified atom stereocenters. The Hall–Kier alpha value is -1.84. The van der Waals surface area contributed by atoms with Crippen LogP contribution in [-0.2, 0) is 9.59 Å². The average Bonchev–Trinajstić information content (AvgIpc) is 2.61. The van der Waals surface area contributed by atoms with Crippen molar-refractivity contribution >= 4 is 23.2 Å². The Labute approximate surface area is 162 Å². The van der Waals surface area contributed by atoms with Crippen molar-refractivity contribution in [1.82, 2.24) is 0 Å². The molecule has 4 saturated carbocycles. The number of carbonyl (C=O) groups is 2. The fourth-order valence-electron chi connectivity index (χ4n) is 6.09. The SMILES string of the molecule is CCCCCC(=O)Nc1cccc(NC(=O)C23CC4CC(CC(C4)C2)C3)c1. The van der Waals surface area contributed by atoms with Crippen LogP contribution in [0, 0.1) is 23.2 Å². The predicted molar refractivity (Wildman–Crippen MR) is 108 cm³/mol. The Morgan fingerprint density at radius 1 is 0.963 bits per heavy atom. The van der Waals surface area contributed by atoms with Crippen molar-refractivity contribution < 1.29 is 9.59 Å². The van der Waals surface area contributed by atoms with E-state index >= 15 is 0 Å². The number of benzene rings is 1. The van der Waals surface area contributed by atoms with Crippen molar-refractivity contribution in [3.05, 3.63) is 24.3 Å². The first kappa shape index (κ1) is 18.5. The fourth-order valence-corrected chi connectivity index (χ4v) is 6.09. The van der Waals surface area contributed by atoms with Crippen LogP contribution in [0.25, 0.3) is 0 Å². The summed E-state index contributed by atoms with van der Waals surface area (Å²) < 4.78 is 0. The van der Waals surface area contributed by atoms with Crippen LogP contribution in [0.2, 0.25) is 0 Å². The van der Waals surface area contributed by atoms with E-state index in [4.69, 9.17) is 0 Å². The molecule has 1 aromatic carbocycles. The third kappa shape index (κ3) is 4.04. The van der Waals surface area contributed by atoms with Gasteiger partial charge in [0.05, 0.1) is 5.41 Å². The van der Waals surface area contributed by atoms with Crippen molar-refractivity contribution in [3.63, 3.8) is 0 Å². The number of nitrogens with one attached hydrogen (secondary N) is 2. The van der Waals surface area contributed by atoms with Gasteiger partial charge in [0.1, 0.15) is 0 Å². The van der Waals surface area contributed by atoms with Gasteiger partial charge in [-0.2, -0.15) is 0 Å². The highest BCUT2D eigenvalue weighted by molar-refractivity contribution is 5.97. The molecule has 27 heavy (non-hydrogen) atoms. The molecule has 4 aliphatic rings. The quantitative estimate of drug-likeness (QED) is 0.637. The zero-order valence-corrected chi connectivity index (χ0v) is 16.4. The molecule has 0 radical (unpaired) electrons. The highest BCUT2D eigenvalue weighted by atomic mass is 16.2. The van der Waals surface area contributed by atoms with E-state index in [-0.39, 0.29) is 17.2 Å². The molecule has 0 heterocycles. The van der Waals surface area contributed by atoms with E-state index in [0.717, 1.165) is 67.7 Å². The molecule has 2 N–H and O–H groups in total. The fraction of sp³-hybridized carbons (Fsp3) is 0.652. The van der Waals surface area contributed by atoms with Crippen molar-refractivity contribution in [2.45, 2.75) is 71.1 Å². The van der Waals surface area contributed by atoms with E-state index in [1.807, 2.05) is 24.3 Å². The summed E-state index contributed by atoms with van der Waals surface area (Å²) in [6.45, 7) is 2.13. The van der Waals surface area contributed by atoms with Crippen molar-refractivity contribution in [3.8, 4) is 0 Å². The molecule has 146 valence electrons. The molecule has 5 rings (SSSR count). The standard InChI is InChI=1S/C23H32N2O2/c1-2-3-4-8-21(26)24-19-6-5-7-20(12-19)25-22(27)23-13-16-9-17(14-23)11-18(10-16)15-23/h5-7,12,16-18H,2-4,8-11,13-15H2,1H3,(H,24,26)(H,25,27). The summed E-state index contributed by atoms with van der Waals surface area (Å²) in [7, 11) is 0. The number of hydrogen-bond acceptors (Lipinski definition) is 2. The van der Waals surface area contributed by atoms with E-state index in [2.05, 4.69) is 17.6 Å². The van der Waals surface area contributed by atoms with E-state index < -0.39 is 0 Å². The number of unbranched alkanes of at least 4 members (excludes halogenated alkanes) is 2. The molecule has 0 saturated heterocycles. The van der Waals surface area contributed by atoms with Crippen LogP contribution in [0.4, 0.5) is 11.4 Å². The molecular formula is C23H32N2O2. The van der Waals surface area contributed by atoms with Crippen LogP contribution in [0.3, 0.4) is 0 Å². The van der Waals surface area contributed by atoms with Gasteiger partial charge in [-0.1, -0.05) is 25.8 Å². The predicted octanol–water partition coefficient (Wildman–Crippen LogP) is 5.36. The summed E-state index contributed by atoms with van der Waals surface area (Å²) in [5, 5.41) is 6.13. The normalized spacial score (nSPS) is 30.9. The van der Waals surface area contributed by atoms with Gasteiger partial charge in [0.25, 0.3) is 0 Å². The minimum atomic E-state index is -0.145. The molecule has 4 nitrogen and oxygen atoms in total. The molecule has 0 aromatic heterocycles. The minimum absolute atomic E-state index is 0.0491. The second kappa shape index (κ2) is 7.65. The smallest absolute Gasteiger partial charge is 0.230 e. The lowest BCUT2D eigenvalue weighted by Gasteiger charge is -2.55. The number of hydrogen-bond donors (Lipinski definition) is 2. The Kier molecular flexibility index (Phi) is 5.25. The lowest BCUT2D eigenvalue weighted by atomic mass is 9.49. The molecule has 0 atom stereocenters. The van der Waals surface area contributed by atoms with E-state index in [0.29, 0.717) is 6.42 Å². The molecular weight excluding hydrogens is 336 g/mol. The molecule has 0 aliphatic heterocycles. The van der Waals surface area contributed by atoms with Gasteiger partial charge in [0, 0.05) is 17.8 Å². The van der Waals surface area contributed by atoms with Crippen LogP contribution in [-0.4, -0.2) is 11.8 Å². The van der Waals surface area contributed by atoms with Gasteiger partial charge in [0.15, 0.2) is 0 Å². The monoisotopic (exact) mass is 368 g/mol. The van der Waals surface area contributed by atoms with Gasteiger partial charge in [-0.25, -0.2) is 0 Å². The zero-order valence-electron chi connectivity index (χ0n) is 16.4. The Morgan fingerprint density at radius 3 is 2.15 bits per heavy atom. The summed E-state index contributed by atoms with van der Waals surface area (Å²) in [5.41, 5.74) is 1.41. The molecule has 0 spiro atoms. The second-order valence-corrected chi connectivity index (χ2v) is 9.24. The van der Waals surface area contributed by atoms with E-state index in [1.165, 1.54) is 19.3 Å². The number of rotatable bonds is 7. The van der Waals surface area contributed by atoms with E-state index in [1.54, 1.807) is 0 Å². The number of anilines is 2. The maximum Gasteiger partial charge on any atom is 0.230 e. The Bertz CT molecular complexity index is 677. The average molecular weight is 369 g/mol. The molecule has 4 fully saturated rings. The summed E-state index contributed by atoms with van der Waals surface area (Å²) >= 11 is 0. The molecule has 2 amide bonds. The van der Waals surface area contributed by atoms with Crippen LogP contribution in [0.15, 0.2) is 24.3 Å². The maximum atomic E-state index is 13.2. The van der Waals surface area contributed by atoms with Crippen LogP contribution in [0.1, 0.15) is 71.1 Å². The summed E-state index contributed by atoms with van der Waals surface area (Å²) in [4.78, 5) is 25.2. The van der Waals surface area contributed by atoms with Gasteiger partial charge in [-0.15, -0.1) is 0 Å². The second-order valence-electron chi connectivity index (χ2n) is 9.24. The van der Waals surface area contributed by atoms with Crippen molar-refractivity contribution in [2.24, 2.45) is 23.2 Å². The third-order valence-electron chi connectivity index (χ3n) is 6.93. The maximum absolute atomic E-state index is 13.2.